The molecule has 0 spiro atoms. The maximum absolute atomic E-state index is 11.4. The van der Waals surface area contributed by atoms with E-state index in [1.165, 1.54) is 38.5 Å². The highest BCUT2D eigenvalue weighted by atomic mass is 32.2. The van der Waals surface area contributed by atoms with E-state index >= 15 is 0 Å². The number of benzene rings is 1. The molecule has 0 saturated carbocycles. The number of unbranched alkanes of at least 4 members (excludes halogenated alkanes) is 8. The lowest BCUT2D eigenvalue weighted by molar-refractivity contribution is 0.441. The van der Waals surface area contributed by atoms with Crippen LogP contribution in [-0.2, 0) is 10.1 Å². The van der Waals surface area contributed by atoms with Gasteiger partial charge >= 0.3 is 0 Å². The van der Waals surface area contributed by atoms with Crippen molar-refractivity contribution in [1.82, 2.24) is 0 Å². The van der Waals surface area contributed by atoms with Crippen LogP contribution in [0.25, 0.3) is 0 Å². The molecule has 0 aliphatic carbocycles. The van der Waals surface area contributed by atoms with Gasteiger partial charge in [-0.1, -0.05) is 95.0 Å². The molecule has 0 aliphatic rings. The van der Waals surface area contributed by atoms with Crippen LogP contribution in [0.1, 0.15) is 81.9 Å². The van der Waals surface area contributed by atoms with E-state index in [1.807, 2.05) is 6.07 Å². The molecule has 126 valence electrons. The van der Waals surface area contributed by atoms with Gasteiger partial charge in [0.05, 0.1) is 5.25 Å². The van der Waals surface area contributed by atoms with E-state index < -0.39 is 15.4 Å². The Morgan fingerprint density at radius 2 is 1.36 bits per heavy atom. The van der Waals surface area contributed by atoms with Gasteiger partial charge in [0.25, 0.3) is 0 Å². The molecule has 1 aromatic carbocycles. The molecule has 0 bridgehead atoms. The van der Waals surface area contributed by atoms with Gasteiger partial charge in [0.2, 0.25) is 0 Å². The van der Waals surface area contributed by atoms with Crippen LogP contribution in [0.5, 0.6) is 0 Å². The van der Waals surface area contributed by atoms with Gasteiger partial charge in [-0.05, 0) is 12.0 Å². The van der Waals surface area contributed by atoms with E-state index in [9.17, 15) is 13.0 Å². The smallest absolute Gasteiger partial charge is 0.102 e. The minimum Gasteiger partial charge on any atom is -0.747 e. The van der Waals surface area contributed by atoms with E-state index in [-0.39, 0.29) is 0 Å². The van der Waals surface area contributed by atoms with Gasteiger partial charge in [0.15, 0.2) is 0 Å². The lowest BCUT2D eigenvalue weighted by atomic mass is 10.0. The van der Waals surface area contributed by atoms with Gasteiger partial charge in [0.1, 0.15) is 10.1 Å². The lowest BCUT2D eigenvalue weighted by Gasteiger charge is -2.21. The van der Waals surface area contributed by atoms with E-state index in [0.717, 1.165) is 19.3 Å². The molecule has 3 nitrogen and oxygen atoms in total. The summed E-state index contributed by atoms with van der Waals surface area (Å²) in [5.74, 6) is 0. The molecular formula is C18H29O3S-. The largest absolute Gasteiger partial charge is 0.747 e. The predicted molar refractivity (Wildman–Crippen MR) is 90.7 cm³/mol. The van der Waals surface area contributed by atoms with Crippen molar-refractivity contribution in [3.8, 4) is 0 Å². The molecule has 1 rings (SSSR count). The summed E-state index contributed by atoms with van der Waals surface area (Å²) in [7, 11) is -4.28. The molecule has 1 aromatic rings. The zero-order valence-corrected chi connectivity index (χ0v) is 14.5. The molecule has 0 aliphatic heterocycles. The second-order valence-electron chi connectivity index (χ2n) is 6.01. The number of hydrogen-bond donors (Lipinski definition) is 0. The van der Waals surface area contributed by atoms with Crippen LogP contribution in [0.4, 0.5) is 0 Å². The van der Waals surface area contributed by atoms with Crippen molar-refractivity contribution in [1.29, 1.82) is 0 Å². The first-order chi connectivity index (χ1) is 10.6. The standard InChI is InChI=1S/C18H30O3S/c1-2-3-4-5-6-7-8-9-13-16-18(22(19,20)21)17-14-11-10-12-15-17/h10-12,14-15,18H,2-9,13,16H2,1H3,(H,19,20,21)/p-1. The topological polar surface area (TPSA) is 57.2 Å². The highest BCUT2D eigenvalue weighted by Gasteiger charge is 2.17. The van der Waals surface area contributed by atoms with Crippen molar-refractivity contribution in [3.05, 3.63) is 35.9 Å². The molecule has 0 amide bonds. The van der Waals surface area contributed by atoms with E-state index in [2.05, 4.69) is 6.92 Å². The lowest BCUT2D eigenvalue weighted by Crippen LogP contribution is -2.12. The molecule has 4 heteroatoms. The van der Waals surface area contributed by atoms with E-state index in [0.29, 0.717) is 12.0 Å². The van der Waals surface area contributed by atoms with Gasteiger partial charge in [-0.15, -0.1) is 0 Å². The minimum atomic E-state index is -4.28. The highest BCUT2D eigenvalue weighted by molar-refractivity contribution is 7.86. The second-order valence-corrected chi connectivity index (χ2v) is 7.56. The summed E-state index contributed by atoms with van der Waals surface area (Å²) in [4.78, 5) is 0. The third-order valence-electron chi connectivity index (χ3n) is 4.09. The molecule has 0 heterocycles. The van der Waals surface area contributed by atoms with Crippen molar-refractivity contribution in [2.75, 3.05) is 0 Å². The van der Waals surface area contributed by atoms with Crippen molar-refractivity contribution in [2.45, 2.75) is 76.4 Å². The van der Waals surface area contributed by atoms with Gasteiger partial charge in [0, 0.05) is 0 Å². The Morgan fingerprint density at radius 1 is 0.864 bits per heavy atom. The second kappa shape index (κ2) is 10.8. The van der Waals surface area contributed by atoms with Crippen molar-refractivity contribution in [3.63, 3.8) is 0 Å². The van der Waals surface area contributed by atoms with Crippen molar-refractivity contribution < 1.29 is 13.0 Å². The van der Waals surface area contributed by atoms with Crippen molar-refractivity contribution in [2.24, 2.45) is 0 Å². The Hall–Kier alpha value is -0.870. The summed E-state index contributed by atoms with van der Waals surface area (Å²) in [6.07, 6.45) is 11.1. The van der Waals surface area contributed by atoms with Crippen LogP contribution in [0.15, 0.2) is 30.3 Å². The first-order valence-electron chi connectivity index (χ1n) is 8.55. The van der Waals surface area contributed by atoms with Gasteiger partial charge in [-0.3, -0.25) is 0 Å². The Bertz CT molecular complexity index is 482. The fraction of sp³-hybridized carbons (Fsp3) is 0.667. The third-order valence-corrected chi connectivity index (χ3v) is 5.29. The molecule has 0 aromatic heterocycles. The SMILES string of the molecule is CCCCCCCCCCCC(c1ccccc1)S(=O)(=O)[O-]. The first-order valence-corrected chi connectivity index (χ1v) is 10.0. The Kier molecular flexibility index (Phi) is 9.41. The maximum atomic E-state index is 11.4. The molecule has 22 heavy (non-hydrogen) atoms. The van der Waals surface area contributed by atoms with Crippen LogP contribution < -0.4 is 0 Å². The molecule has 1 unspecified atom stereocenters. The van der Waals surface area contributed by atoms with Crippen LogP contribution in [0.2, 0.25) is 0 Å². The summed E-state index contributed by atoms with van der Waals surface area (Å²) < 4.78 is 34.3. The summed E-state index contributed by atoms with van der Waals surface area (Å²) in [6.45, 7) is 2.22. The van der Waals surface area contributed by atoms with Crippen molar-refractivity contribution >= 4 is 10.1 Å². The Labute approximate surface area is 135 Å². The van der Waals surface area contributed by atoms with Gasteiger partial charge in [-0.25, -0.2) is 8.42 Å². The third kappa shape index (κ3) is 7.95. The van der Waals surface area contributed by atoms with E-state index in [4.69, 9.17) is 0 Å². The predicted octanol–water partition coefficient (Wildman–Crippen LogP) is 5.19. The summed E-state index contributed by atoms with van der Waals surface area (Å²) in [6, 6.07) is 8.85. The Morgan fingerprint density at radius 3 is 1.86 bits per heavy atom. The van der Waals surface area contributed by atoms with Crippen LogP contribution in [0.3, 0.4) is 0 Å². The van der Waals surface area contributed by atoms with Gasteiger partial charge < -0.3 is 4.55 Å². The van der Waals surface area contributed by atoms with Crippen LogP contribution in [-0.4, -0.2) is 13.0 Å². The molecule has 1 atom stereocenters. The highest BCUT2D eigenvalue weighted by Crippen LogP contribution is 2.27. The van der Waals surface area contributed by atoms with Gasteiger partial charge in [-0.2, -0.15) is 0 Å². The van der Waals surface area contributed by atoms with E-state index in [1.54, 1.807) is 24.3 Å². The molecule has 0 radical (unpaired) electrons. The fourth-order valence-corrected chi connectivity index (χ4v) is 3.73. The normalized spacial score (nSPS) is 13.2. The maximum Gasteiger partial charge on any atom is 0.102 e. The fourth-order valence-electron chi connectivity index (χ4n) is 2.79. The minimum absolute atomic E-state index is 0.436. The molecule has 0 N–H and O–H groups in total. The monoisotopic (exact) mass is 325 g/mol. The zero-order chi connectivity index (χ0) is 16.3. The molecule has 0 saturated heterocycles. The summed E-state index contributed by atoms with van der Waals surface area (Å²) in [5.41, 5.74) is 0.622. The first kappa shape index (κ1) is 19.2. The Balaban J connectivity index is 2.26. The average Bonchev–Trinajstić information content (AvgIpc) is 2.49. The number of hydrogen-bond acceptors (Lipinski definition) is 3. The quantitative estimate of drug-likeness (QED) is 0.392. The molecular weight excluding hydrogens is 296 g/mol. The van der Waals surface area contributed by atoms with Crippen LogP contribution in [0, 0.1) is 0 Å². The average molecular weight is 325 g/mol. The summed E-state index contributed by atoms with van der Waals surface area (Å²) >= 11 is 0. The zero-order valence-electron chi connectivity index (χ0n) is 13.7. The molecule has 0 fully saturated rings. The number of rotatable bonds is 12. The van der Waals surface area contributed by atoms with Crippen LogP contribution >= 0.6 is 0 Å². The summed E-state index contributed by atoms with van der Waals surface area (Å²) in [5, 5.41) is -0.891.